The third-order valence-electron chi connectivity index (χ3n) is 2.84. The number of hydrogen-bond acceptors (Lipinski definition) is 3. The first-order valence-corrected chi connectivity index (χ1v) is 6.53. The normalized spacial score (nSPS) is 11.7. The summed E-state index contributed by atoms with van der Waals surface area (Å²) < 4.78 is 5.35. The number of hydrogen-bond donors (Lipinski definition) is 2. The minimum atomic E-state index is -0.211. The van der Waals surface area contributed by atoms with Crippen molar-refractivity contribution < 1.29 is 9.53 Å². The molecule has 0 spiro atoms. The van der Waals surface area contributed by atoms with Gasteiger partial charge in [-0.15, -0.1) is 0 Å². The lowest BCUT2D eigenvalue weighted by Crippen LogP contribution is -2.41. The standard InChI is InChI=1S/C16H18N2O2/c1-13(14-8-4-2-5-9-14)17-18-16(19)12-20-15-10-6-3-7-11-15/h2-11,13,17H,12H2,1H3,(H,18,19). The Morgan fingerprint density at radius 2 is 1.65 bits per heavy atom. The predicted molar refractivity (Wildman–Crippen MR) is 78.1 cm³/mol. The molecule has 0 saturated heterocycles. The molecule has 4 heteroatoms. The predicted octanol–water partition coefficient (Wildman–Crippen LogP) is 2.45. The van der Waals surface area contributed by atoms with Crippen LogP contribution in [0.4, 0.5) is 0 Å². The van der Waals surface area contributed by atoms with E-state index < -0.39 is 0 Å². The Balaban J connectivity index is 1.73. The van der Waals surface area contributed by atoms with E-state index in [-0.39, 0.29) is 18.6 Å². The fourth-order valence-electron chi connectivity index (χ4n) is 1.72. The summed E-state index contributed by atoms with van der Waals surface area (Å²) >= 11 is 0. The Morgan fingerprint density at radius 3 is 2.30 bits per heavy atom. The number of nitrogens with one attached hydrogen (secondary N) is 2. The molecule has 0 heterocycles. The molecular weight excluding hydrogens is 252 g/mol. The summed E-state index contributed by atoms with van der Waals surface area (Å²) in [6, 6.07) is 19.2. The van der Waals surface area contributed by atoms with Crippen molar-refractivity contribution in [2.75, 3.05) is 6.61 Å². The van der Waals surface area contributed by atoms with Gasteiger partial charge < -0.3 is 4.74 Å². The van der Waals surface area contributed by atoms with Gasteiger partial charge in [-0.25, -0.2) is 5.43 Å². The zero-order chi connectivity index (χ0) is 14.2. The summed E-state index contributed by atoms with van der Waals surface area (Å²) in [6.07, 6.45) is 0. The molecular formula is C16H18N2O2. The minimum Gasteiger partial charge on any atom is -0.484 e. The monoisotopic (exact) mass is 270 g/mol. The van der Waals surface area contributed by atoms with E-state index in [9.17, 15) is 4.79 Å². The van der Waals surface area contributed by atoms with E-state index in [1.807, 2.05) is 67.6 Å². The van der Waals surface area contributed by atoms with E-state index in [2.05, 4.69) is 10.9 Å². The maximum absolute atomic E-state index is 11.7. The molecule has 1 unspecified atom stereocenters. The number of carbonyl (C=O) groups excluding carboxylic acids is 1. The highest BCUT2D eigenvalue weighted by atomic mass is 16.5. The maximum atomic E-state index is 11.7. The Bertz CT molecular complexity index is 529. The van der Waals surface area contributed by atoms with Gasteiger partial charge in [-0.2, -0.15) is 0 Å². The highest BCUT2D eigenvalue weighted by Crippen LogP contribution is 2.10. The van der Waals surface area contributed by atoms with E-state index in [0.717, 1.165) is 5.56 Å². The smallest absolute Gasteiger partial charge is 0.272 e. The van der Waals surface area contributed by atoms with Crippen LogP contribution in [0.2, 0.25) is 0 Å². The van der Waals surface area contributed by atoms with Crippen molar-refractivity contribution in [1.29, 1.82) is 0 Å². The van der Waals surface area contributed by atoms with Gasteiger partial charge in [0.05, 0.1) is 0 Å². The van der Waals surface area contributed by atoms with Gasteiger partial charge >= 0.3 is 0 Å². The van der Waals surface area contributed by atoms with Crippen molar-refractivity contribution >= 4 is 5.91 Å². The van der Waals surface area contributed by atoms with Gasteiger partial charge in [0.1, 0.15) is 5.75 Å². The van der Waals surface area contributed by atoms with Crippen LogP contribution in [-0.4, -0.2) is 12.5 Å². The molecule has 20 heavy (non-hydrogen) atoms. The number of amides is 1. The number of hydrazine groups is 1. The molecule has 1 atom stereocenters. The molecule has 104 valence electrons. The quantitative estimate of drug-likeness (QED) is 0.793. The molecule has 0 aliphatic rings. The van der Waals surface area contributed by atoms with E-state index in [1.165, 1.54) is 0 Å². The number of benzene rings is 2. The Hall–Kier alpha value is -2.33. The van der Waals surface area contributed by atoms with Crippen LogP contribution >= 0.6 is 0 Å². The minimum absolute atomic E-state index is 0.0154. The van der Waals surface area contributed by atoms with Crippen molar-refractivity contribution in [3.05, 3.63) is 66.2 Å². The molecule has 2 aromatic rings. The first kappa shape index (κ1) is 14.1. The van der Waals surface area contributed by atoms with Crippen molar-refractivity contribution in [1.82, 2.24) is 10.9 Å². The van der Waals surface area contributed by atoms with E-state index in [0.29, 0.717) is 5.75 Å². The highest BCUT2D eigenvalue weighted by molar-refractivity contribution is 5.77. The molecule has 2 N–H and O–H groups in total. The second kappa shape index (κ2) is 7.31. The van der Waals surface area contributed by atoms with Crippen LogP contribution in [0, 0.1) is 0 Å². The number of rotatable bonds is 6. The third-order valence-corrected chi connectivity index (χ3v) is 2.84. The van der Waals surface area contributed by atoms with Gasteiger partial charge in [0.25, 0.3) is 5.91 Å². The molecule has 0 saturated carbocycles. The molecule has 0 bridgehead atoms. The Labute approximate surface area is 118 Å². The summed E-state index contributed by atoms with van der Waals surface area (Å²) in [5.41, 5.74) is 6.70. The van der Waals surface area contributed by atoms with Gasteiger partial charge in [0, 0.05) is 6.04 Å². The van der Waals surface area contributed by atoms with Gasteiger partial charge in [0.15, 0.2) is 6.61 Å². The number of ether oxygens (including phenoxy) is 1. The molecule has 1 amide bonds. The summed E-state index contributed by atoms with van der Waals surface area (Å²) in [6.45, 7) is 1.96. The fourth-order valence-corrected chi connectivity index (χ4v) is 1.72. The van der Waals surface area contributed by atoms with Crippen molar-refractivity contribution in [2.45, 2.75) is 13.0 Å². The van der Waals surface area contributed by atoms with Crippen LogP contribution < -0.4 is 15.6 Å². The van der Waals surface area contributed by atoms with Crippen molar-refractivity contribution in [2.24, 2.45) is 0 Å². The van der Waals surface area contributed by atoms with Crippen LogP contribution in [0.1, 0.15) is 18.5 Å². The summed E-state index contributed by atoms with van der Waals surface area (Å²) in [5.74, 6) is 0.468. The van der Waals surface area contributed by atoms with Gasteiger partial charge in [0.2, 0.25) is 0 Å². The molecule has 0 aliphatic heterocycles. The Morgan fingerprint density at radius 1 is 1.05 bits per heavy atom. The highest BCUT2D eigenvalue weighted by Gasteiger charge is 2.06. The van der Waals surface area contributed by atoms with E-state index in [4.69, 9.17) is 4.74 Å². The van der Waals surface area contributed by atoms with E-state index in [1.54, 1.807) is 0 Å². The summed E-state index contributed by atoms with van der Waals surface area (Å²) in [5, 5.41) is 0. The van der Waals surface area contributed by atoms with E-state index >= 15 is 0 Å². The molecule has 2 aromatic carbocycles. The lowest BCUT2D eigenvalue weighted by molar-refractivity contribution is -0.124. The van der Waals surface area contributed by atoms with Crippen LogP contribution in [0.3, 0.4) is 0 Å². The Kier molecular flexibility index (Phi) is 5.15. The average Bonchev–Trinajstić information content (AvgIpc) is 2.52. The summed E-state index contributed by atoms with van der Waals surface area (Å²) in [4.78, 5) is 11.7. The number of carbonyl (C=O) groups is 1. The first-order chi connectivity index (χ1) is 9.75. The molecule has 0 fully saturated rings. The van der Waals surface area contributed by atoms with Gasteiger partial charge in [-0.1, -0.05) is 48.5 Å². The molecule has 0 radical (unpaired) electrons. The first-order valence-electron chi connectivity index (χ1n) is 6.53. The second-order valence-electron chi connectivity index (χ2n) is 4.43. The average molecular weight is 270 g/mol. The summed E-state index contributed by atoms with van der Waals surface area (Å²) in [7, 11) is 0. The largest absolute Gasteiger partial charge is 0.484 e. The SMILES string of the molecule is CC(NNC(=O)COc1ccccc1)c1ccccc1. The van der Waals surface area contributed by atoms with Gasteiger partial charge in [-0.3, -0.25) is 10.2 Å². The lowest BCUT2D eigenvalue weighted by Gasteiger charge is -2.15. The zero-order valence-corrected chi connectivity index (χ0v) is 11.4. The van der Waals surface area contributed by atoms with Crippen LogP contribution in [0.15, 0.2) is 60.7 Å². The maximum Gasteiger partial charge on any atom is 0.272 e. The topological polar surface area (TPSA) is 50.4 Å². The zero-order valence-electron chi connectivity index (χ0n) is 11.4. The van der Waals surface area contributed by atoms with Gasteiger partial charge in [-0.05, 0) is 24.6 Å². The van der Waals surface area contributed by atoms with Crippen LogP contribution in [0.25, 0.3) is 0 Å². The molecule has 4 nitrogen and oxygen atoms in total. The molecule has 0 aromatic heterocycles. The lowest BCUT2D eigenvalue weighted by atomic mass is 10.1. The van der Waals surface area contributed by atoms with Crippen LogP contribution in [-0.2, 0) is 4.79 Å². The van der Waals surface area contributed by atoms with Crippen LogP contribution in [0.5, 0.6) is 5.75 Å². The number of para-hydroxylation sites is 1. The molecule has 0 aliphatic carbocycles. The third kappa shape index (κ3) is 4.40. The fraction of sp³-hybridized carbons (Fsp3) is 0.188. The second-order valence-corrected chi connectivity index (χ2v) is 4.43. The van der Waals surface area contributed by atoms with Crippen molar-refractivity contribution in [3.63, 3.8) is 0 Å². The molecule has 2 rings (SSSR count). The van der Waals surface area contributed by atoms with Crippen molar-refractivity contribution in [3.8, 4) is 5.75 Å².